The van der Waals surface area contributed by atoms with Crippen LogP contribution in [0, 0.1) is 11.8 Å². The predicted octanol–water partition coefficient (Wildman–Crippen LogP) is 2.50. The molecule has 0 fully saturated rings. The van der Waals surface area contributed by atoms with Gasteiger partial charge >= 0.3 is 5.97 Å². The predicted molar refractivity (Wildman–Crippen MR) is 61.9 cm³/mol. The van der Waals surface area contributed by atoms with E-state index in [2.05, 4.69) is 13.8 Å². The van der Waals surface area contributed by atoms with Crippen LogP contribution in [0.15, 0.2) is 12.2 Å². The van der Waals surface area contributed by atoms with E-state index in [9.17, 15) is 9.59 Å². The Kier molecular flexibility index (Phi) is 3.89. The molecule has 0 radical (unpaired) electrons. The van der Waals surface area contributed by atoms with Crippen molar-refractivity contribution in [3.8, 4) is 0 Å². The number of hydrogen-bond donors (Lipinski definition) is 0. The second-order valence-electron chi connectivity index (χ2n) is 5.04. The molecule has 0 amide bonds. The van der Waals surface area contributed by atoms with Crippen LogP contribution in [-0.4, -0.2) is 17.4 Å². The van der Waals surface area contributed by atoms with Crippen molar-refractivity contribution in [3.05, 3.63) is 12.2 Å². The molecule has 0 heterocycles. The minimum atomic E-state index is -0.738. The normalized spacial score (nSPS) is 28.8. The Hall–Kier alpha value is -1.12. The molecule has 0 aromatic heterocycles. The Bertz CT molecular complexity index is 317. The second-order valence-corrected chi connectivity index (χ2v) is 5.04. The third-order valence-corrected chi connectivity index (χ3v) is 3.01. The molecule has 3 nitrogen and oxygen atoms in total. The van der Waals surface area contributed by atoms with E-state index in [1.165, 1.54) is 13.0 Å². The van der Waals surface area contributed by atoms with Crippen molar-refractivity contribution in [1.82, 2.24) is 0 Å². The average molecular weight is 224 g/mol. The van der Waals surface area contributed by atoms with Crippen molar-refractivity contribution >= 4 is 11.8 Å². The molecule has 3 heteroatoms. The van der Waals surface area contributed by atoms with Crippen molar-refractivity contribution in [2.45, 2.75) is 46.1 Å². The third kappa shape index (κ3) is 2.94. The number of esters is 1. The summed E-state index contributed by atoms with van der Waals surface area (Å²) in [5, 5.41) is 0. The van der Waals surface area contributed by atoms with Crippen LogP contribution >= 0.6 is 0 Å². The van der Waals surface area contributed by atoms with Crippen LogP contribution in [0.4, 0.5) is 0 Å². The van der Waals surface area contributed by atoms with E-state index in [4.69, 9.17) is 4.74 Å². The van der Waals surface area contributed by atoms with Crippen LogP contribution in [0.5, 0.6) is 0 Å². The average Bonchev–Trinajstić information content (AvgIpc) is 2.38. The van der Waals surface area contributed by atoms with E-state index >= 15 is 0 Å². The van der Waals surface area contributed by atoms with Gasteiger partial charge in [-0.05, 0) is 31.4 Å². The second kappa shape index (κ2) is 4.81. The highest BCUT2D eigenvalue weighted by molar-refractivity contribution is 5.96. The molecule has 0 aromatic rings. The zero-order valence-electron chi connectivity index (χ0n) is 10.4. The van der Waals surface area contributed by atoms with Gasteiger partial charge in [0.15, 0.2) is 5.78 Å². The minimum Gasteiger partial charge on any atom is -0.455 e. The van der Waals surface area contributed by atoms with E-state index in [1.54, 1.807) is 13.0 Å². The molecule has 1 aliphatic rings. The lowest BCUT2D eigenvalue weighted by atomic mass is 9.85. The molecule has 2 atom stereocenters. The fourth-order valence-corrected chi connectivity index (χ4v) is 2.11. The van der Waals surface area contributed by atoms with E-state index < -0.39 is 5.60 Å². The van der Waals surface area contributed by atoms with Gasteiger partial charge in [-0.25, -0.2) is 0 Å². The number of carbonyl (C=O) groups excluding carboxylic acids is 2. The lowest BCUT2D eigenvalue weighted by molar-refractivity contribution is -0.156. The summed E-state index contributed by atoms with van der Waals surface area (Å²) < 4.78 is 5.27. The molecule has 16 heavy (non-hydrogen) atoms. The summed E-state index contributed by atoms with van der Waals surface area (Å²) in [6.07, 6.45) is 4.98. The summed E-state index contributed by atoms with van der Waals surface area (Å²) in [6, 6.07) is 0. The molecule has 0 aromatic carbocycles. The molecule has 90 valence electrons. The van der Waals surface area contributed by atoms with Crippen LogP contribution in [0.1, 0.15) is 40.5 Å². The van der Waals surface area contributed by atoms with Crippen LogP contribution in [0.2, 0.25) is 0 Å². The zero-order valence-corrected chi connectivity index (χ0v) is 10.4. The quantitative estimate of drug-likeness (QED) is 0.689. The van der Waals surface area contributed by atoms with Crippen molar-refractivity contribution in [2.75, 3.05) is 0 Å². The monoisotopic (exact) mass is 224 g/mol. The maximum Gasteiger partial charge on any atom is 0.303 e. The van der Waals surface area contributed by atoms with Crippen LogP contribution < -0.4 is 0 Å². The van der Waals surface area contributed by atoms with Crippen molar-refractivity contribution in [3.63, 3.8) is 0 Å². The van der Waals surface area contributed by atoms with Crippen molar-refractivity contribution in [1.29, 1.82) is 0 Å². The van der Waals surface area contributed by atoms with Gasteiger partial charge in [0.25, 0.3) is 0 Å². The molecular formula is C13H20O3. The summed E-state index contributed by atoms with van der Waals surface area (Å²) in [7, 11) is 0. The number of rotatable bonds is 4. The largest absolute Gasteiger partial charge is 0.455 e. The number of carbonyl (C=O) groups is 2. The Morgan fingerprint density at radius 1 is 1.56 bits per heavy atom. The molecule has 0 bridgehead atoms. The van der Waals surface area contributed by atoms with Crippen LogP contribution in [-0.2, 0) is 14.3 Å². The topological polar surface area (TPSA) is 43.4 Å². The maximum atomic E-state index is 11.7. The third-order valence-electron chi connectivity index (χ3n) is 3.01. The van der Waals surface area contributed by atoms with E-state index in [0.29, 0.717) is 5.92 Å². The Labute approximate surface area is 96.9 Å². The van der Waals surface area contributed by atoms with Gasteiger partial charge in [-0.3, -0.25) is 9.59 Å². The first-order chi connectivity index (χ1) is 7.35. The summed E-state index contributed by atoms with van der Waals surface area (Å²) in [5.74, 6) is 0.0783. The van der Waals surface area contributed by atoms with E-state index in [-0.39, 0.29) is 17.7 Å². The standard InChI is InChI=1S/C13H20O3/c1-9(2)5-6-11-12(15)7-8-13(11,4)16-10(3)14/h7-9,11H,5-6H2,1-4H3. The van der Waals surface area contributed by atoms with Crippen LogP contribution in [0.3, 0.4) is 0 Å². The van der Waals surface area contributed by atoms with Gasteiger partial charge in [0.1, 0.15) is 5.60 Å². The summed E-state index contributed by atoms with van der Waals surface area (Å²) in [5.41, 5.74) is -0.738. The Morgan fingerprint density at radius 2 is 2.19 bits per heavy atom. The smallest absolute Gasteiger partial charge is 0.303 e. The number of ether oxygens (including phenoxy) is 1. The van der Waals surface area contributed by atoms with E-state index in [1.807, 2.05) is 0 Å². The SMILES string of the molecule is CC(=O)OC1(C)C=CC(=O)C1CCC(C)C. The van der Waals surface area contributed by atoms with E-state index in [0.717, 1.165) is 12.8 Å². The molecule has 0 saturated heterocycles. The molecule has 1 rings (SSSR count). The molecule has 0 spiro atoms. The lowest BCUT2D eigenvalue weighted by Crippen LogP contribution is -2.37. The zero-order chi connectivity index (χ0) is 12.3. The highest BCUT2D eigenvalue weighted by Gasteiger charge is 2.42. The Morgan fingerprint density at radius 3 is 2.69 bits per heavy atom. The molecule has 0 N–H and O–H groups in total. The summed E-state index contributed by atoms with van der Waals surface area (Å²) >= 11 is 0. The first-order valence-electron chi connectivity index (χ1n) is 5.78. The highest BCUT2D eigenvalue weighted by Crippen LogP contribution is 2.34. The highest BCUT2D eigenvalue weighted by atomic mass is 16.6. The van der Waals surface area contributed by atoms with Gasteiger partial charge in [0.05, 0.1) is 5.92 Å². The van der Waals surface area contributed by atoms with Gasteiger partial charge in [0.2, 0.25) is 0 Å². The Balaban J connectivity index is 2.71. The molecular weight excluding hydrogens is 204 g/mol. The minimum absolute atomic E-state index is 0.0735. The molecule has 0 aliphatic heterocycles. The fourth-order valence-electron chi connectivity index (χ4n) is 2.11. The van der Waals surface area contributed by atoms with Crippen LogP contribution in [0.25, 0.3) is 0 Å². The summed E-state index contributed by atoms with van der Waals surface area (Å²) in [6.45, 7) is 7.42. The molecule has 1 aliphatic carbocycles. The van der Waals surface area contributed by atoms with Gasteiger partial charge in [0, 0.05) is 6.92 Å². The lowest BCUT2D eigenvalue weighted by Gasteiger charge is -2.29. The van der Waals surface area contributed by atoms with Gasteiger partial charge < -0.3 is 4.74 Å². The molecule has 0 saturated carbocycles. The first-order valence-corrected chi connectivity index (χ1v) is 5.78. The number of allylic oxidation sites excluding steroid dienone is 1. The van der Waals surface area contributed by atoms with Gasteiger partial charge in [-0.15, -0.1) is 0 Å². The van der Waals surface area contributed by atoms with Gasteiger partial charge in [-0.2, -0.15) is 0 Å². The number of ketones is 1. The summed E-state index contributed by atoms with van der Waals surface area (Å²) in [4.78, 5) is 22.7. The maximum absolute atomic E-state index is 11.7. The number of hydrogen-bond acceptors (Lipinski definition) is 3. The van der Waals surface area contributed by atoms with Crippen molar-refractivity contribution in [2.24, 2.45) is 11.8 Å². The fraction of sp³-hybridized carbons (Fsp3) is 0.692. The van der Waals surface area contributed by atoms with Gasteiger partial charge in [-0.1, -0.05) is 20.3 Å². The molecule has 2 unspecified atom stereocenters. The van der Waals surface area contributed by atoms with Crippen molar-refractivity contribution < 1.29 is 14.3 Å². The first kappa shape index (κ1) is 12.9.